The third kappa shape index (κ3) is 2.38. The van der Waals surface area contributed by atoms with E-state index in [-0.39, 0.29) is 6.10 Å². The molecule has 4 aliphatic rings. The summed E-state index contributed by atoms with van der Waals surface area (Å²) in [5, 5.41) is 10.1. The van der Waals surface area contributed by atoms with E-state index in [0.29, 0.717) is 16.7 Å². The van der Waals surface area contributed by atoms with E-state index in [1.54, 1.807) is 0 Å². The highest BCUT2D eigenvalue weighted by Gasteiger charge is 2.57. The Morgan fingerprint density at radius 1 is 1.12 bits per heavy atom. The van der Waals surface area contributed by atoms with Crippen molar-refractivity contribution in [3.8, 4) is 0 Å². The first-order valence-electron chi connectivity index (χ1n) is 10.4. The van der Waals surface area contributed by atoms with Crippen LogP contribution in [0.15, 0.2) is 11.6 Å². The lowest BCUT2D eigenvalue weighted by Crippen LogP contribution is -2.50. The van der Waals surface area contributed by atoms with Crippen LogP contribution in [-0.2, 0) is 0 Å². The third-order valence-electron chi connectivity index (χ3n) is 9.10. The van der Waals surface area contributed by atoms with Crippen molar-refractivity contribution in [1.29, 1.82) is 0 Å². The number of thiol groups is 1. The first kappa shape index (κ1) is 17.5. The summed E-state index contributed by atoms with van der Waals surface area (Å²) < 4.78 is 0. The van der Waals surface area contributed by atoms with Crippen LogP contribution in [0, 0.1) is 40.4 Å². The molecule has 0 aliphatic heterocycles. The van der Waals surface area contributed by atoms with Crippen molar-refractivity contribution in [3.63, 3.8) is 0 Å². The molecule has 0 spiro atoms. The summed E-state index contributed by atoms with van der Waals surface area (Å²) in [5.74, 6) is 4.98. The van der Waals surface area contributed by atoms with Crippen LogP contribution in [0.25, 0.3) is 0 Å². The van der Waals surface area contributed by atoms with Crippen LogP contribution in [-0.4, -0.2) is 17.0 Å². The van der Waals surface area contributed by atoms with Crippen molar-refractivity contribution >= 4 is 12.6 Å². The standard InChI is InChI=1S/C22H36OS/c1-14(13-24)18-6-7-19-17-5-4-15-12-16(23)8-10-21(15,2)20(17)9-11-22(18,19)3/h5,14-16,18-20,23-24H,4,6-13H2,1-3H3/t14-,15?,16+,18?,19?,20?,21+,22-/m1/s1. The van der Waals surface area contributed by atoms with Gasteiger partial charge in [0.25, 0.3) is 0 Å². The molecule has 4 rings (SSSR count). The molecule has 0 heterocycles. The van der Waals surface area contributed by atoms with Gasteiger partial charge < -0.3 is 5.11 Å². The smallest absolute Gasteiger partial charge is 0.0543 e. The third-order valence-corrected chi connectivity index (χ3v) is 9.68. The second-order valence-electron chi connectivity index (χ2n) is 10.1. The summed E-state index contributed by atoms with van der Waals surface area (Å²) in [6, 6.07) is 0. The maximum absolute atomic E-state index is 10.1. The van der Waals surface area contributed by atoms with Crippen LogP contribution in [0.3, 0.4) is 0 Å². The van der Waals surface area contributed by atoms with Crippen molar-refractivity contribution < 1.29 is 5.11 Å². The lowest BCUT2D eigenvalue weighted by Gasteiger charge is -2.57. The number of hydrogen-bond donors (Lipinski definition) is 2. The molecule has 0 aromatic rings. The zero-order valence-electron chi connectivity index (χ0n) is 15.8. The van der Waals surface area contributed by atoms with E-state index in [4.69, 9.17) is 0 Å². The summed E-state index contributed by atoms with van der Waals surface area (Å²) in [4.78, 5) is 0. The normalized spacial score (nSPS) is 52.0. The largest absolute Gasteiger partial charge is 0.393 e. The van der Waals surface area contributed by atoms with Gasteiger partial charge in [0.05, 0.1) is 6.10 Å². The van der Waals surface area contributed by atoms with E-state index in [2.05, 4.69) is 39.5 Å². The quantitative estimate of drug-likeness (QED) is 0.499. The summed E-state index contributed by atoms with van der Waals surface area (Å²) in [7, 11) is 0. The molecular formula is C22H36OS. The molecule has 3 saturated carbocycles. The van der Waals surface area contributed by atoms with E-state index in [9.17, 15) is 5.11 Å². The summed E-state index contributed by atoms with van der Waals surface area (Å²) >= 11 is 4.62. The second-order valence-corrected chi connectivity index (χ2v) is 10.4. The van der Waals surface area contributed by atoms with Crippen molar-refractivity contribution in [3.05, 3.63) is 11.6 Å². The number of fused-ring (bicyclic) bond motifs is 5. The number of rotatable bonds is 2. The molecule has 1 N–H and O–H groups in total. The van der Waals surface area contributed by atoms with Gasteiger partial charge in [0.15, 0.2) is 0 Å². The van der Waals surface area contributed by atoms with Crippen molar-refractivity contribution in [2.24, 2.45) is 40.4 Å². The fourth-order valence-electron chi connectivity index (χ4n) is 7.59. The highest BCUT2D eigenvalue weighted by molar-refractivity contribution is 7.80. The van der Waals surface area contributed by atoms with Crippen molar-refractivity contribution in [2.75, 3.05) is 5.75 Å². The molecule has 0 bridgehead atoms. The lowest BCUT2D eigenvalue weighted by atomic mass is 9.47. The minimum atomic E-state index is -0.0426. The predicted octanol–water partition coefficient (Wildman–Crippen LogP) is 5.49. The maximum atomic E-state index is 10.1. The average Bonchev–Trinajstić information content (AvgIpc) is 2.92. The van der Waals surface area contributed by atoms with Gasteiger partial charge in [-0.2, -0.15) is 12.6 Å². The van der Waals surface area contributed by atoms with Gasteiger partial charge in [-0.05, 0) is 97.5 Å². The molecule has 3 fully saturated rings. The molecule has 0 saturated heterocycles. The van der Waals surface area contributed by atoms with Gasteiger partial charge in [-0.3, -0.25) is 0 Å². The number of aliphatic hydroxyl groups is 1. The lowest BCUT2D eigenvalue weighted by molar-refractivity contribution is -0.0419. The molecule has 0 radical (unpaired) electrons. The predicted molar refractivity (Wildman–Crippen MR) is 104 cm³/mol. The van der Waals surface area contributed by atoms with Crippen LogP contribution in [0.4, 0.5) is 0 Å². The fourth-order valence-corrected chi connectivity index (χ4v) is 7.85. The molecule has 2 heteroatoms. The highest BCUT2D eigenvalue weighted by atomic mass is 32.1. The van der Waals surface area contributed by atoms with Gasteiger partial charge in [0, 0.05) is 0 Å². The monoisotopic (exact) mass is 348 g/mol. The Bertz CT molecular complexity index is 528. The summed E-state index contributed by atoms with van der Waals surface area (Å²) in [6.45, 7) is 7.59. The first-order valence-corrected chi connectivity index (χ1v) is 11.0. The molecule has 8 atom stereocenters. The van der Waals surface area contributed by atoms with Crippen molar-refractivity contribution in [1.82, 2.24) is 0 Å². The van der Waals surface area contributed by atoms with Crippen LogP contribution in [0.5, 0.6) is 0 Å². The molecule has 0 aromatic heterocycles. The Morgan fingerprint density at radius 2 is 1.83 bits per heavy atom. The van der Waals surface area contributed by atoms with Gasteiger partial charge >= 0.3 is 0 Å². The molecule has 4 aliphatic carbocycles. The molecule has 4 unspecified atom stereocenters. The van der Waals surface area contributed by atoms with E-state index >= 15 is 0 Å². The summed E-state index contributed by atoms with van der Waals surface area (Å²) in [5.41, 5.74) is 2.81. The molecule has 24 heavy (non-hydrogen) atoms. The number of hydrogen-bond acceptors (Lipinski definition) is 2. The Kier molecular flexibility index (Phi) is 4.40. The van der Waals surface area contributed by atoms with Gasteiger partial charge in [-0.1, -0.05) is 32.4 Å². The maximum Gasteiger partial charge on any atom is 0.0543 e. The molecule has 0 aromatic carbocycles. The minimum absolute atomic E-state index is 0.0426. The highest BCUT2D eigenvalue weighted by Crippen LogP contribution is 2.66. The minimum Gasteiger partial charge on any atom is -0.393 e. The van der Waals surface area contributed by atoms with Crippen molar-refractivity contribution in [2.45, 2.75) is 78.2 Å². The van der Waals surface area contributed by atoms with E-state index in [1.807, 2.05) is 5.57 Å². The van der Waals surface area contributed by atoms with E-state index in [0.717, 1.165) is 42.3 Å². The van der Waals surface area contributed by atoms with Gasteiger partial charge in [0.2, 0.25) is 0 Å². The molecule has 1 nitrogen and oxygen atoms in total. The SMILES string of the molecule is C[C@H](CS)C1CCC2C3=CCC4C[C@@H](O)CC[C@]4(C)C3CC[C@@]21C. The fraction of sp³-hybridized carbons (Fsp3) is 0.909. The Hall–Kier alpha value is 0.0500. The van der Waals surface area contributed by atoms with Crippen LogP contribution in [0.1, 0.15) is 72.1 Å². The van der Waals surface area contributed by atoms with Crippen LogP contribution < -0.4 is 0 Å². The van der Waals surface area contributed by atoms with Crippen LogP contribution >= 0.6 is 12.6 Å². The molecular weight excluding hydrogens is 312 g/mol. The Labute approximate surface area is 154 Å². The summed E-state index contributed by atoms with van der Waals surface area (Å²) in [6.07, 6.45) is 12.7. The Morgan fingerprint density at radius 3 is 2.58 bits per heavy atom. The van der Waals surface area contributed by atoms with Gasteiger partial charge in [0.1, 0.15) is 0 Å². The zero-order valence-corrected chi connectivity index (χ0v) is 16.7. The van der Waals surface area contributed by atoms with Gasteiger partial charge in [-0.15, -0.1) is 0 Å². The number of allylic oxidation sites excluding steroid dienone is 2. The molecule has 0 amide bonds. The Balaban J connectivity index is 1.64. The van der Waals surface area contributed by atoms with Crippen LogP contribution in [0.2, 0.25) is 0 Å². The zero-order chi connectivity index (χ0) is 17.1. The average molecular weight is 349 g/mol. The topological polar surface area (TPSA) is 20.2 Å². The number of aliphatic hydroxyl groups excluding tert-OH is 1. The first-order chi connectivity index (χ1) is 11.4. The van der Waals surface area contributed by atoms with E-state index in [1.165, 1.54) is 38.5 Å². The second kappa shape index (κ2) is 6.05. The molecule has 136 valence electrons. The van der Waals surface area contributed by atoms with Gasteiger partial charge in [-0.25, -0.2) is 0 Å². The van der Waals surface area contributed by atoms with E-state index < -0.39 is 0 Å².